The highest BCUT2D eigenvalue weighted by Gasteiger charge is 2.04. The van der Waals surface area contributed by atoms with Gasteiger partial charge in [-0.05, 0) is 30.9 Å². The van der Waals surface area contributed by atoms with Gasteiger partial charge in [0.2, 0.25) is 0 Å². The number of alkyl halides is 1. The normalized spacial score (nSPS) is 12.5. The van der Waals surface area contributed by atoms with Gasteiger partial charge in [0.15, 0.2) is 11.6 Å². The van der Waals surface area contributed by atoms with Gasteiger partial charge in [-0.2, -0.15) is 0 Å². The quantitative estimate of drug-likeness (QED) is 0.692. The van der Waals surface area contributed by atoms with Crippen molar-refractivity contribution in [1.29, 1.82) is 0 Å². The van der Waals surface area contributed by atoms with Crippen molar-refractivity contribution < 1.29 is 13.5 Å². The summed E-state index contributed by atoms with van der Waals surface area (Å²) in [5.41, 5.74) is 0. The van der Waals surface area contributed by atoms with Gasteiger partial charge in [0, 0.05) is 11.9 Å². The second-order valence-corrected chi connectivity index (χ2v) is 4.17. The smallest absolute Gasteiger partial charge is 0.162 e. The molecule has 1 aromatic carbocycles. The van der Waals surface area contributed by atoms with Gasteiger partial charge < -0.3 is 4.74 Å². The number of rotatable bonds is 6. The molecule has 0 saturated heterocycles. The molecule has 1 aromatic rings. The molecule has 1 unspecified atom stereocenters. The SMILES string of the molecule is CC(CCCl)CCOc1ccc(F)c(F)c1. The first-order chi connectivity index (χ1) is 7.63. The molecule has 4 heteroatoms. The van der Waals surface area contributed by atoms with Crippen molar-refractivity contribution in [2.75, 3.05) is 12.5 Å². The number of halogens is 3. The van der Waals surface area contributed by atoms with Crippen molar-refractivity contribution in [1.82, 2.24) is 0 Å². The van der Waals surface area contributed by atoms with Crippen LogP contribution in [0.2, 0.25) is 0 Å². The monoisotopic (exact) mass is 248 g/mol. The van der Waals surface area contributed by atoms with Gasteiger partial charge in [0.1, 0.15) is 5.75 Å². The summed E-state index contributed by atoms with van der Waals surface area (Å²) < 4.78 is 30.7. The van der Waals surface area contributed by atoms with Crippen LogP contribution < -0.4 is 4.74 Å². The van der Waals surface area contributed by atoms with Gasteiger partial charge >= 0.3 is 0 Å². The maximum absolute atomic E-state index is 12.8. The van der Waals surface area contributed by atoms with Crippen LogP contribution in [0.1, 0.15) is 19.8 Å². The van der Waals surface area contributed by atoms with Crippen LogP contribution in [0.3, 0.4) is 0 Å². The zero-order valence-electron chi connectivity index (χ0n) is 9.18. The fourth-order valence-electron chi connectivity index (χ4n) is 1.28. The first kappa shape index (κ1) is 13.2. The minimum atomic E-state index is -0.883. The summed E-state index contributed by atoms with van der Waals surface area (Å²) in [4.78, 5) is 0. The summed E-state index contributed by atoms with van der Waals surface area (Å²) in [6.07, 6.45) is 1.79. The van der Waals surface area contributed by atoms with E-state index in [-0.39, 0.29) is 0 Å². The number of hydrogen-bond acceptors (Lipinski definition) is 1. The fraction of sp³-hybridized carbons (Fsp3) is 0.500. The van der Waals surface area contributed by atoms with E-state index in [4.69, 9.17) is 16.3 Å². The van der Waals surface area contributed by atoms with Crippen LogP contribution >= 0.6 is 11.6 Å². The molecule has 90 valence electrons. The van der Waals surface area contributed by atoms with Crippen LogP contribution in [-0.4, -0.2) is 12.5 Å². The molecule has 0 heterocycles. The molecule has 0 N–H and O–H groups in total. The van der Waals surface area contributed by atoms with Gasteiger partial charge in [-0.1, -0.05) is 6.92 Å². The Morgan fingerprint density at radius 1 is 1.25 bits per heavy atom. The number of ether oxygens (including phenoxy) is 1. The Morgan fingerprint density at radius 2 is 2.00 bits per heavy atom. The summed E-state index contributed by atoms with van der Waals surface area (Å²) in [6, 6.07) is 3.54. The molecule has 1 atom stereocenters. The van der Waals surface area contributed by atoms with Crippen molar-refractivity contribution in [2.45, 2.75) is 19.8 Å². The zero-order valence-corrected chi connectivity index (χ0v) is 9.94. The molecule has 0 aliphatic carbocycles. The van der Waals surface area contributed by atoms with E-state index in [0.29, 0.717) is 24.2 Å². The summed E-state index contributed by atoms with van der Waals surface area (Å²) in [7, 11) is 0. The molecule has 0 saturated carbocycles. The lowest BCUT2D eigenvalue weighted by molar-refractivity contribution is 0.280. The van der Waals surface area contributed by atoms with Crippen LogP contribution in [-0.2, 0) is 0 Å². The molecule has 0 aromatic heterocycles. The number of hydrogen-bond donors (Lipinski definition) is 0. The molecular weight excluding hydrogens is 234 g/mol. The van der Waals surface area contributed by atoms with Crippen LogP contribution in [0.15, 0.2) is 18.2 Å². The highest BCUT2D eigenvalue weighted by molar-refractivity contribution is 6.17. The maximum Gasteiger partial charge on any atom is 0.162 e. The van der Waals surface area contributed by atoms with E-state index < -0.39 is 11.6 Å². The summed E-state index contributed by atoms with van der Waals surface area (Å²) in [6.45, 7) is 2.57. The van der Waals surface area contributed by atoms with Crippen molar-refractivity contribution in [3.05, 3.63) is 29.8 Å². The molecule has 0 aliphatic rings. The Hall–Kier alpha value is -0.830. The summed E-state index contributed by atoms with van der Waals surface area (Å²) >= 11 is 5.60. The van der Waals surface area contributed by atoms with E-state index in [1.165, 1.54) is 6.07 Å². The molecule has 0 spiro atoms. The molecule has 1 nitrogen and oxygen atoms in total. The highest BCUT2D eigenvalue weighted by atomic mass is 35.5. The third-order valence-corrected chi connectivity index (χ3v) is 2.59. The summed E-state index contributed by atoms with van der Waals surface area (Å²) in [5.74, 6) is -0.277. The fourth-order valence-corrected chi connectivity index (χ4v) is 1.65. The van der Waals surface area contributed by atoms with Crippen LogP contribution in [0.25, 0.3) is 0 Å². The van der Waals surface area contributed by atoms with E-state index in [0.717, 1.165) is 25.0 Å². The van der Waals surface area contributed by atoms with Crippen molar-refractivity contribution in [3.8, 4) is 5.75 Å². The minimum Gasteiger partial charge on any atom is -0.493 e. The maximum atomic E-state index is 12.8. The third-order valence-electron chi connectivity index (χ3n) is 2.37. The Morgan fingerprint density at radius 3 is 2.62 bits per heavy atom. The predicted octanol–water partition coefficient (Wildman–Crippen LogP) is 4.00. The van der Waals surface area contributed by atoms with Gasteiger partial charge in [-0.3, -0.25) is 0 Å². The molecule has 0 aliphatic heterocycles. The minimum absolute atomic E-state index is 0.358. The van der Waals surface area contributed by atoms with Crippen LogP contribution in [0, 0.1) is 17.6 Å². The molecule has 0 amide bonds. The molecule has 0 radical (unpaired) electrons. The van der Waals surface area contributed by atoms with Gasteiger partial charge in [-0.15, -0.1) is 11.6 Å². The largest absolute Gasteiger partial charge is 0.493 e. The lowest BCUT2D eigenvalue weighted by atomic mass is 10.1. The molecular formula is C12H15ClF2O. The zero-order chi connectivity index (χ0) is 12.0. The highest BCUT2D eigenvalue weighted by Crippen LogP contribution is 2.16. The lowest BCUT2D eigenvalue weighted by Gasteiger charge is -2.10. The number of benzene rings is 1. The Labute approximate surface area is 99.4 Å². The lowest BCUT2D eigenvalue weighted by Crippen LogP contribution is -2.05. The molecule has 0 bridgehead atoms. The van der Waals surface area contributed by atoms with E-state index >= 15 is 0 Å². The standard InChI is InChI=1S/C12H15ClF2O/c1-9(4-6-13)5-7-16-10-2-3-11(14)12(15)8-10/h2-3,8-9H,4-7H2,1H3. The van der Waals surface area contributed by atoms with Crippen LogP contribution in [0.5, 0.6) is 5.75 Å². The Kier molecular flexibility index (Phi) is 5.53. The second-order valence-electron chi connectivity index (χ2n) is 3.80. The Balaban J connectivity index is 2.34. The van der Waals surface area contributed by atoms with E-state index in [9.17, 15) is 8.78 Å². The van der Waals surface area contributed by atoms with E-state index in [2.05, 4.69) is 6.92 Å². The van der Waals surface area contributed by atoms with Crippen molar-refractivity contribution in [3.63, 3.8) is 0 Å². The Bertz CT molecular complexity index is 331. The predicted molar refractivity (Wildman–Crippen MR) is 61.0 cm³/mol. The van der Waals surface area contributed by atoms with Crippen molar-refractivity contribution in [2.24, 2.45) is 5.92 Å². The topological polar surface area (TPSA) is 9.23 Å². The average molecular weight is 249 g/mol. The van der Waals surface area contributed by atoms with E-state index in [1.54, 1.807) is 0 Å². The first-order valence-electron chi connectivity index (χ1n) is 5.27. The van der Waals surface area contributed by atoms with E-state index in [1.807, 2.05) is 0 Å². The molecule has 1 rings (SSSR count). The second kappa shape index (κ2) is 6.69. The third kappa shape index (κ3) is 4.35. The van der Waals surface area contributed by atoms with Crippen molar-refractivity contribution >= 4 is 11.6 Å². The van der Waals surface area contributed by atoms with Crippen LogP contribution in [0.4, 0.5) is 8.78 Å². The first-order valence-corrected chi connectivity index (χ1v) is 5.80. The van der Waals surface area contributed by atoms with Gasteiger partial charge in [-0.25, -0.2) is 8.78 Å². The summed E-state index contributed by atoms with van der Waals surface area (Å²) in [5, 5.41) is 0. The van der Waals surface area contributed by atoms with Gasteiger partial charge in [0.05, 0.1) is 6.61 Å². The molecule has 0 fully saturated rings. The van der Waals surface area contributed by atoms with Gasteiger partial charge in [0.25, 0.3) is 0 Å². The molecule has 16 heavy (non-hydrogen) atoms. The average Bonchev–Trinajstić information content (AvgIpc) is 2.24.